The zero-order chi connectivity index (χ0) is 18.6. The SMILES string of the molecule is CN(C)c1ccc(C(=O)Nc2ccc(SC(F)F)cc2)cc1[N+](=O)[O-]. The first-order chi connectivity index (χ1) is 11.8. The molecule has 1 N–H and O–H groups in total. The second kappa shape index (κ2) is 7.93. The molecular formula is C16H15F2N3O3S. The third-order valence-corrected chi connectivity index (χ3v) is 3.98. The highest BCUT2D eigenvalue weighted by atomic mass is 32.2. The van der Waals surface area contributed by atoms with Gasteiger partial charge in [0.25, 0.3) is 17.4 Å². The molecule has 6 nitrogen and oxygen atoms in total. The van der Waals surface area contributed by atoms with Crippen LogP contribution in [0, 0.1) is 10.1 Å². The van der Waals surface area contributed by atoms with Gasteiger partial charge >= 0.3 is 0 Å². The van der Waals surface area contributed by atoms with Gasteiger partial charge in [0.2, 0.25) is 0 Å². The van der Waals surface area contributed by atoms with Crippen molar-refractivity contribution in [1.82, 2.24) is 0 Å². The van der Waals surface area contributed by atoms with Crippen LogP contribution in [0.2, 0.25) is 0 Å². The molecule has 2 aromatic carbocycles. The number of nitro benzene ring substituents is 1. The van der Waals surface area contributed by atoms with E-state index in [2.05, 4.69) is 5.32 Å². The number of thioether (sulfide) groups is 1. The predicted molar refractivity (Wildman–Crippen MR) is 93.7 cm³/mol. The predicted octanol–water partition coefficient (Wildman–Crippen LogP) is 4.23. The number of nitro groups is 1. The number of rotatable bonds is 6. The molecule has 0 aliphatic heterocycles. The van der Waals surface area contributed by atoms with Gasteiger partial charge in [-0.3, -0.25) is 14.9 Å². The van der Waals surface area contributed by atoms with Crippen LogP contribution in [0.1, 0.15) is 10.4 Å². The van der Waals surface area contributed by atoms with E-state index in [1.165, 1.54) is 42.5 Å². The lowest BCUT2D eigenvalue weighted by Gasteiger charge is -2.13. The molecule has 0 unspecified atom stereocenters. The van der Waals surface area contributed by atoms with Crippen LogP contribution in [-0.4, -0.2) is 30.7 Å². The number of anilines is 2. The van der Waals surface area contributed by atoms with Crippen LogP contribution < -0.4 is 10.2 Å². The molecule has 9 heteroatoms. The van der Waals surface area contributed by atoms with Gasteiger partial charge in [0, 0.05) is 36.3 Å². The molecule has 1 amide bonds. The first kappa shape index (κ1) is 18.7. The van der Waals surface area contributed by atoms with E-state index in [9.17, 15) is 23.7 Å². The first-order valence-corrected chi connectivity index (χ1v) is 7.98. The molecule has 0 aromatic heterocycles. The van der Waals surface area contributed by atoms with Crippen LogP contribution in [-0.2, 0) is 0 Å². The summed E-state index contributed by atoms with van der Waals surface area (Å²) in [5.74, 6) is -3.04. The van der Waals surface area contributed by atoms with E-state index >= 15 is 0 Å². The lowest BCUT2D eigenvalue weighted by Crippen LogP contribution is -2.15. The Kier molecular flexibility index (Phi) is 5.92. The van der Waals surface area contributed by atoms with Gasteiger partial charge in [-0.25, -0.2) is 0 Å². The number of benzene rings is 2. The van der Waals surface area contributed by atoms with E-state index in [1.807, 2.05) is 0 Å². The molecule has 0 bridgehead atoms. The zero-order valence-electron chi connectivity index (χ0n) is 13.4. The summed E-state index contributed by atoms with van der Waals surface area (Å²) in [4.78, 5) is 24.8. The topological polar surface area (TPSA) is 75.5 Å². The Balaban J connectivity index is 2.18. The summed E-state index contributed by atoms with van der Waals surface area (Å²) >= 11 is 0.406. The average Bonchev–Trinajstić information content (AvgIpc) is 2.55. The second-order valence-corrected chi connectivity index (χ2v) is 6.28. The van der Waals surface area contributed by atoms with Crippen LogP contribution in [0.5, 0.6) is 0 Å². The Morgan fingerprint density at radius 1 is 1.20 bits per heavy atom. The van der Waals surface area contributed by atoms with Crippen molar-refractivity contribution < 1.29 is 18.5 Å². The van der Waals surface area contributed by atoms with E-state index in [4.69, 9.17) is 0 Å². The molecule has 2 rings (SSSR count). The fourth-order valence-electron chi connectivity index (χ4n) is 2.11. The monoisotopic (exact) mass is 367 g/mol. The molecule has 0 heterocycles. The molecule has 0 aliphatic rings. The molecule has 0 saturated heterocycles. The maximum atomic E-state index is 12.3. The van der Waals surface area contributed by atoms with Crippen LogP contribution in [0.3, 0.4) is 0 Å². The van der Waals surface area contributed by atoms with Gasteiger partial charge in [0.1, 0.15) is 5.69 Å². The summed E-state index contributed by atoms with van der Waals surface area (Å²) in [7, 11) is 3.34. The summed E-state index contributed by atoms with van der Waals surface area (Å²) in [6.45, 7) is 0. The molecule has 0 radical (unpaired) electrons. The van der Waals surface area contributed by atoms with E-state index in [-0.39, 0.29) is 11.3 Å². The number of hydrogen-bond acceptors (Lipinski definition) is 5. The normalized spacial score (nSPS) is 10.6. The number of nitrogens with one attached hydrogen (secondary N) is 1. The first-order valence-electron chi connectivity index (χ1n) is 7.10. The Morgan fingerprint density at radius 3 is 2.36 bits per heavy atom. The van der Waals surface area contributed by atoms with Gasteiger partial charge in [-0.05, 0) is 36.4 Å². The smallest absolute Gasteiger partial charge is 0.293 e. The second-order valence-electron chi connectivity index (χ2n) is 5.21. The summed E-state index contributed by atoms with van der Waals surface area (Å²) in [6, 6.07) is 10.1. The summed E-state index contributed by atoms with van der Waals surface area (Å²) in [5.41, 5.74) is 0.738. The lowest BCUT2D eigenvalue weighted by atomic mass is 10.1. The Hall–Kier alpha value is -2.68. The van der Waals surface area contributed by atoms with Gasteiger partial charge in [0.05, 0.1) is 4.92 Å². The van der Waals surface area contributed by atoms with Gasteiger partial charge in [-0.1, -0.05) is 11.8 Å². The molecule has 0 spiro atoms. The number of carbonyl (C=O) groups excluding carboxylic acids is 1. The largest absolute Gasteiger partial charge is 0.372 e. The van der Waals surface area contributed by atoms with Crippen molar-refractivity contribution in [3.63, 3.8) is 0 Å². The number of carbonyl (C=O) groups is 1. The van der Waals surface area contributed by atoms with E-state index in [0.29, 0.717) is 28.0 Å². The number of halogens is 2. The van der Waals surface area contributed by atoms with Gasteiger partial charge in [0.15, 0.2) is 0 Å². The number of alkyl halides is 2. The Labute approximate surface area is 147 Å². The summed E-state index contributed by atoms with van der Waals surface area (Å²) < 4.78 is 24.6. The van der Waals surface area contributed by atoms with Crippen LogP contribution >= 0.6 is 11.8 Å². The highest BCUT2D eigenvalue weighted by molar-refractivity contribution is 7.99. The van der Waals surface area contributed by atoms with Crippen LogP contribution in [0.15, 0.2) is 47.4 Å². The average molecular weight is 367 g/mol. The van der Waals surface area contributed by atoms with Crippen molar-refractivity contribution >= 4 is 34.7 Å². The zero-order valence-corrected chi connectivity index (χ0v) is 14.2. The third kappa shape index (κ3) is 4.90. The number of hydrogen-bond donors (Lipinski definition) is 1. The molecule has 25 heavy (non-hydrogen) atoms. The van der Waals surface area contributed by atoms with Crippen molar-refractivity contribution in [2.75, 3.05) is 24.3 Å². The van der Waals surface area contributed by atoms with Crippen molar-refractivity contribution in [3.05, 3.63) is 58.1 Å². The van der Waals surface area contributed by atoms with Gasteiger partial charge in [-0.15, -0.1) is 0 Å². The van der Waals surface area contributed by atoms with Gasteiger partial charge in [-0.2, -0.15) is 8.78 Å². The van der Waals surface area contributed by atoms with Crippen LogP contribution in [0.4, 0.5) is 25.8 Å². The quantitative estimate of drug-likeness (QED) is 0.470. The van der Waals surface area contributed by atoms with E-state index < -0.39 is 16.6 Å². The summed E-state index contributed by atoms with van der Waals surface area (Å²) in [5, 5.41) is 13.8. The van der Waals surface area contributed by atoms with E-state index in [0.717, 1.165) is 0 Å². The van der Waals surface area contributed by atoms with Crippen LogP contribution in [0.25, 0.3) is 0 Å². The van der Waals surface area contributed by atoms with Gasteiger partial charge < -0.3 is 10.2 Å². The maximum absolute atomic E-state index is 12.3. The minimum atomic E-state index is -2.52. The summed E-state index contributed by atoms with van der Waals surface area (Å²) in [6.07, 6.45) is 0. The highest BCUT2D eigenvalue weighted by Crippen LogP contribution is 2.29. The molecular weight excluding hydrogens is 352 g/mol. The molecule has 0 atom stereocenters. The third-order valence-electron chi connectivity index (χ3n) is 3.25. The fourth-order valence-corrected chi connectivity index (χ4v) is 2.61. The highest BCUT2D eigenvalue weighted by Gasteiger charge is 2.19. The number of nitrogens with zero attached hydrogens (tertiary/aromatic N) is 2. The lowest BCUT2D eigenvalue weighted by molar-refractivity contribution is -0.384. The van der Waals surface area contributed by atoms with Crippen molar-refractivity contribution in [2.45, 2.75) is 10.7 Å². The standard InChI is InChI=1S/C16H15F2N3O3S/c1-20(2)13-8-3-10(9-14(13)21(23)24)15(22)19-11-4-6-12(7-5-11)25-16(17)18/h3-9,16H,1-2H3,(H,19,22). The number of amides is 1. The fraction of sp³-hybridized carbons (Fsp3) is 0.188. The Morgan fingerprint density at radius 2 is 1.84 bits per heavy atom. The maximum Gasteiger partial charge on any atom is 0.293 e. The van der Waals surface area contributed by atoms with Crippen molar-refractivity contribution in [3.8, 4) is 0 Å². The molecule has 0 fully saturated rings. The Bertz CT molecular complexity index is 783. The molecule has 132 valence electrons. The molecule has 0 saturated carbocycles. The molecule has 0 aliphatic carbocycles. The minimum absolute atomic E-state index is 0.128. The van der Waals surface area contributed by atoms with E-state index in [1.54, 1.807) is 19.0 Å². The van der Waals surface area contributed by atoms with Crippen molar-refractivity contribution in [2.24, 2.45) is 0 Å². The minimum Gasteiger partial charge on any atom is -0.372 e. The van der Waals surface area contributed by atoms with Crippen molar-refractivity contribution in [1.29, 1.82) is 0 Å². The molecule has 2 aromatic rings.